The van der Waals surface area contributed by atoms with Crippen molar-refractivity contribution in [2.24, 2.45) is 0 Å². The Hall–Kier alpha value is -1.79. The van der Waals surface area contributed by atoms with Gasteiger partial charge >= 0.3 is 12.1 Å². The van der Waals surface area contributed by atoms with E-state index in [1.54, 1.807) is 4.90 Å². The van der Waals surface area contributed by atoms with Crippen LogP contribution < -0.4 is 4.90 Å². The Morgan fingerprint density at radius 1 is 1.42 bits per heavy atom. The predicted molar refractivity (Wildman–Crippen MR) is 61.9 cm³/mol. The molecule has 0 radical (unpaired) electrons. The summed E-state index contributed by atoms with van der Waals surface area (Å²) >= 11 is 0. The van der Waals surface area contributed by atoms with E-state index in [-0.39, 0.29) is 19.0 Å². The monoisotopic (exact) mass is 274 g/mol. The molecule has 4 nitrogen and oxygen atoms in total. The number of anilines is 1. The fourth-order valence-corrected chi connectivity index (χ4v) is 1.81. The highest BCUT2D eigenvalue weighted by atomic mass is 19.4. The molecule has 104 valence electrons. The fraction of sp³-hybridized carbons (Fsp3) is 0.500. The van der Waals surface area contributed by atoms with Gasteiger partial charge in [-0.05, 0) is 25.0 Å². The van der Waals surface area contributed by atoms with E-state index in [4.69, 9.17) is 5.11 Å². The number of carboxylic acids is 1. The van der Waals surface area contributed by atoms with Crippen molar-refractivity contribution >= 4 is 11.8 Å². The molecule has 0 bridgehead atoms. The summed E-state index contributed by atoms with van der Waals surface area (Å²) in [4.78, 5) is 16.1. The van der Waals surface area contributed by atoms with Gasteiger partial charge in [-0.1, -0.05) is 0 Å². The van der Waals surface area contributed by atoms with Crippen molar-refractivity contribution in [3.05, 3.63) is 23.9 Å². The predicted octanol–water partition coefficient (Wildman–Crippen LogP) is 2.54. The molecule has 0 spiro atoms. The molecule has 0 aromatic carbocycles. The van der Waals surface area contributed by atoms with Gasteiger partial charge in [-0.25, -0.2) is 4.98 Å². The topological polar surface area (TPSA) is 53.4 Å². The van der Waals surface area contributed by atoms with Gasteiger partial charge in [0.2, 0.25) is 0 Å². The second-order valence-corrected chi connectivity index (χ2v) is 4.47. The summed E-state index contributed by atoms with van der Waals surface area (Å²) in [6.45, 7) is 0.262. The number of aromatic nitrogens is 1. The van der Waals surface area contributed by atoms with Crippen LogP contribution in [0.4, 0.5) is 19.0 Å². The first-order valence-corrected chi connectivity index (χ1v) is 5.89. The fourth-order valence-electron chi connectivity index (χ4n) is 1.81. The van der Waals surface area contributed by atoms with E-state index >= 15 is 0 Å². The van der Waals surface area contributed by atoms with Crippen LogP contribution in [0, 0.1) is 0 Å². The van der Waals surface area contributed by atoms with E-state index in [0.717, 1.165) is 25.1 Å². The maximum Gasteiger partial charge on any atom is 0.417 e. The van der Waals surface area contributed by atoms with Gasteiger partial charge in [-0.15, -0.1) is 0 Å². The molecule has 1 heterocycles. The minimum absolute atomic E-state index is 0.0563. The molecule has 0 amide bonds. The minimum Gasteiger partial charge on any atom is -0.481 e. The van der Waals surface area contributed by atoms with Crippen LogP contribution in [0.15, 0.2) is 18.3 Å². The van der Waals surface area contributed by atoms with Crippen molar-refractivity contribution in [3.63, 3.8) is 0 Å². The lowest BCUT2D eigenvalue weighted by Gasteiger charge is -2.23. The molecule has 1 aliphatic rings. The van der Waals surface area contributed by atoms with Crippen molar-refractivity contribution < 1.29 is 23.1 Å². The van der Waals surface area contributed by atoms with Gasteiger partial charge in [-0.2, -0.15) is 13.2 Å². The summed E-state index contributed by atoms with van der Waals surface area (Å²) in [5.74, 6) is -0.533. The molecule has 1 N–H and O–H groups in total. The van der Waals surface area contributed by atoms with E-state index in [2.05, 4.69) is 4.98 Å². The quantitative estimate of drug-likeness (QED) is 0.896. The molecule has 0 aliphatic heterocycles. The van der Waals surface area contributed by atoms with E-state index in [1.165, 1.54) is 6.07 Å². The normalized spacial score (nSPS) is 15.3. The first kappa shape index (κ1) is 13.6. The lowest BCUT2D eigenvalue weighted by Crippen LogP contribution is -2.29. The van der Waals surface area contributed by atoms with Gasteiger partial charge in [0.25, 0.3) is 0 Å². The van der Waals surface area contributed by atoms with Crippen LogP contribution in [0.5, 0.6) is 0 Å². The average molecular weight is 274 g/mol. The third kappa shape index (κ3) is 3.59. The second kappa shape index (κ2) is 5.07. The second-order valence-electron chi connectivity index (χ2n) is 4.47. The minimum atomic E-state index is -4.41. The Labute approximate surface area is 107 Å². The number of halogens is 3. The summed E-state index contributed by atoms with van der Waals surface area (Å²) in [5.41, 5.74) is -0.801. The molecule has 2 rings (SSSR count). The number of aliphatic carboxylic acids is 1. The van der Waals surface area contributed by atoms with E-state index < -0.39 is 17.7 Å². The van der Waals surface area contributed by atoms with Crippen molar-refractivity contribution in [3.8, 4) is 0 Å². The molecule has 7 heteroatoms. The lowest BCUT2D eigenvalue weighted by atomic mass is 10.2. The van der Waals surface area contributed by atoms with Gasteiger partial charge in [0.05, 0.1) is 12.0 Å². The standard InChI is InChI=1S/C12H13F3N2O2/c13-12(14,15)8-1-4-10(16-7-8)17(9-2-3-9)6-5-11(18)19/h1,4,7,9H,2-3,5-6H2,(H,18,19). The van der Waals surface area contributed by atoms with Gasteiger partial charge in [0.1, 0.15) is 5.82 Å². The smallest absolute Gasteiger partial charge is 0.417 e. The Bertz CT molecular complexity index is 455. The van der Waals surface area contributed by atoms with Crippen LogP contribution in [-0.4, -0.2) is 28.6 Å². The summed E-state index contributed by atoms with van der Waals surface area (Å²) in [6.07, 6.45) is -1.84. The van der Waals surface area contributed by atoms with Gasteiger partial charge in [-0.3, -0.25) is 4.79 Å². The third-order valence-electron chi connectivity index (χ3n) is 2.92. The number of hydrogen-bond donors (Lipinski definition) is 1. The first-order valence-electron chi connectivity index (χ1n) is 5.89. The highest BCUT2D eigenvalue weighted by molar-refractivity contribution is 5.67. The van der Waals surface area contributed by atoms with Gasteiger partial charge < -0.3 is 10.0 Å². The van der Waals surface area contributed by atoms with Crippen molar-refractivity contribution in [2.75, 3.05) is 11.4 Å². The first-order chi connectivity index (χ1) is 8.88. The summed E-state index contributed by atoms with van der Waals surface area (Å²) in [5, 5.41) is 8.67. The summed E-state index contributed by atoms with van der Waals surface area (Å²) in [7, 11) is 0. The Balaban J connectivity index is 2.11. The Morgan fingerprint density at radius 2 is 2.11 bits per heavy atom. The van der Waals surface area contributed by atoms with E-state index in [0.29, 0.717) is 5.82 Å². The molecule has 1 aromatic rings. The number of rotatable bonds is 5. The van der Waals surface area contributed by atoms with Crippen LogP contribution in [0.2, 0.25) is 0 Å². The lowest BCUT2D eigenvalue weighted by molar-refractivity contribution is -0.138. The molecular formula is C12H13F3N2O2. The Morgan fingerprint density at radius 3 is 2.53 bits per heavy atom. The van der Waals surface area contributed by atoms with Crippen molar-refractivity contribution in [1.82, 2.24) is 4.98 Å². The summed E-state index contributed by atoms with van der Waals surface area (Å²) in [6, 6.07) is 2.46. The Kier molecular flexibility index (Phi) is 3.64. The molecule has 1 aromatic heterocycles. The van der Waals surface area contributed by atoms with Crippen LogP contribution in [-0.2, 0) is 11.0 Å². The largest absolute Gasteiger partial charge is 0.481 e. The van der Waals surface area contributed by atoms with E-state index in [9.17, 15) is 18.0 Å². The van der Waals surface area contributed by atoms with Crippen molar-refractivity contribution in [2.45, 2.75) is 31.5 Å². The van der Waals surface area contributed by atoms with Gasteiger partial charge in [0, 0.05) is 18.8 Å². The van der Waals surface area contributed by atoms with Crippen LogP contribution in [0.1, 0.15) is 24.8 Å². The molecule has 0 atom stereocenters. The zero-order chi connectivity index (χ0) is 14.0. The molecule has 1 aliphatic carbocycles. The third-order valence-corrected chi connectivity index (χ3v) is 2.92. The molecule has 1 fully saturated rings. The van der Waals surface area contributed by atoms with Gasteiger partial charge in [0.15, 0.2) is 0 Å². The SMILES string of the molecule is O=C(O)CCN(c1ccc(C(F)(F)F)cn1)C1CC1. The zero-order valence-corrected chi connectivity index (χ0v) is 10.0. The number of nitrogens with zero attached hydrogens (tertiary/aromatic N) is 2. The van der Waals surface area contributed by atoms with Crippen LogP contribution in [0.3, 0.4) is 0 Å². The number of carboxylic acid groups (broad SMARTS) is 1. The molecule has 1 saturated carbocycles. The molecule has 0 unspecified atom stereocenters. The highest BCUT2D eigenvalue weighted by Crippen LogP contribution is 2.33. The van der Waals surface area contributed by atoms with E-state index in [1.807, 2.05) is 0 Å². The molecule has 19 heavy (non-hydrogen) atoms. The maximum absolute atomic E-state index is 12.4. The van der Waals surface area contributed by atoms with Crippen molar-refractivity contribution in [1.29, 1.82) is 0 Å². The number of hydrogen-bond acceptors (Lipinski definition) is 3. The zero-order valence-electron chi connectivity index (χ0n) is 10.0. The average Bonchev–Trinajstić information content (AvgIpc) is 3.13. The maximum atomic E-state index is 12.4. The van der Waals surface area contributed by atoms with Crippen LogP contribution >= 0.6 is 0 Å². The molecular weight excluding hydrogens is 261 g/mol. The summed E-state index contributed by atoms with van der Waals surface area (Å²) < 4.78 is 37.2. The molecule has 0 saturated heterocycles. The number of pyridine rings is 1. The van der Waals surface area contributed by atoms with Crippen LogP contribution in [0.25, 0.3) is 0 Å². The number of carbonyl (C=O) groups is 1. The highest BCUT2D eigenvalue weighted by Gasteiger charge is 2.33. The number of alkyl halides is 3.